The first-order chi connectivity index (χ1) is 6.70. The molecular weight excluding hydrogens is 170 g/mol. The molecule has 2 fully saturated rings. The van der Waals surface area contributed by atoms with Crippen LogP contribution in [0.25, 0.3) is 0 Å². The second kappa shape index (κ2) is 4.22. The fraction of sp³-hybridized carbons (Fsp3) is 1.00. The van der Waals surface area contributed by atoms with Gasteiger partial charge in [0.2, 0.25) is 0 Å². The van der Waals surface area contributed by atoms with Crippen LogP contribution in [0.5, 0.6) is 0 Å². The van der Waals surface area contributed by atoms with E-state index < -0.39 is 0 Å². The Balaban J connectivity index is 1.88. The summed E-state index contributed by atoms with van der Waals surface area (Å²) in [5.41, 5.74) is 0.573. The molecule has 1 unspecified atom stereocenters. The predicted octanol–water partition coefficient (Wildman–Crippen LogP) is 3.34. The molecule has 1 atom stereocenters. The van der Waals surface area contributed by atoms with Crippen LogP contribution in [0.1, 0.15) is 58.8 Å². The summed E-state index contributed by atoms with van der Waals surface area (Å²) < 4.78 is 0. The van der Waals surface area contributed by atoms with Crippen molar-refractivity contribution >= 4 is 0 Å². The van der Waals surface area contributed by atoms with Gasteiger partial charge in [0, 0.05) is 12.6 Å². The molecule has 0 aromatic rings. The van der Waals surface area contributed by atoms with E-state index in [1.165, 1.54) is 51.5 Å². The van der Waals surface area contributed by atoms with Crippen molar-refractivity contribution in [1.82, 2.24) is 5.32 Å². The molecule has 0 radical (unpaired) electrons. The highest BCUT2D eigenvalue weighted by Gasteiger charge is 2.42. The second-order valence-electron chi connectivity index (χ2n) is 5.95. The monoisotopic (exact) mass is 195 g/mol. The lowest BCUT2D eigenvalue weighted by Crippen LogP contribution is -2.62. The van der Waals surface area contributed by atoms with Crippen molar-refractivity contribution in [2.45, 2.75) is 64.8 Å². The van der Waals surface area contributed by atoms with Crippen LogP contribution in [0.3, 0.4) is 0 Å². The zero-order chi connectivity index (χ0) is 10.0. The average Bonchev–Trinajstić information content (AvgIpc) is 2.07. The molecular formula is C13H25N. The molecule has 1 N–H and O–H groups in total. The molecule has 0 aromatic carbocycles. The molecule has 1 heteroatoms. The van der Waals surface area contributed by atoms with E-state index in [9.17, 15) is 0 Å². The van der Waals surface area contributed by atoms with Crippen molar-refractivity contribution in [2.24, 2.45) is 11.3 Å². The first-order valence-electron chi connectivity index (χ1n) is 6.43. The number of nitrogens with one attached hydrogen (secondary N) is 1. The Morgan fingerprint density at radius 1 is 0.929 bits per heavy atom. The molecule has 2 rings (SSSR count). The van der Waals surface area contributed by atoms with Crippen molar-refractivity contribution in [3.8, 4) is 0 Å². The quantitative estimate of drug-likeness (QED) is 0.676. The SMILES string of the molecule is CC1(C)CNC1C1CCCCCCC1. The molecule has 1 saturated heterocycles. The zero-order valence-electron chi connectivity index (χ0n) is 9.81. The summed E-state index contributed by atoms with van der Waals surface area (Å²) in [6, 6.07) is 0.820. The maximum absolute atomic E-state index is 3.65. The molecule has 0 spiro atoms. The third-order valence-electron chi connectivity index (χ3n) is 4.24. The lowest BCUT2D eigenvalue weighted by molar-refractivity contribution is 0.0625. The van der Waals surface area contributed by atoms with Crippen LogP contribution in [0.4, 0.5) is 0 Å². The Labute approximate surface area is 88.7 Å². The van der Waals surface area contributed by atoms with Gasteiger partial charge in [-0.2, -0.15) is 0 Å². The smallest absolute Gasteiger partial charge is 0.0159 e. The first kappa shape index (κ1) is 10.5. The Bertz CT molecular complexity index is 178. The van der Waals surface area contributed by atoms with Crippen LogP contribution >= 0.6 is 0 Å². The number of hydrogen-bond donors (Lipinski definition) is 1. The number of rotatable bonds is 1. The van der Waals surface area contributed by atoms with E-state index in [4.69, 9.17) is 0 Å². The van der Waals surface area contributed by atoms with Gasteiger partial charge in [0.25, 0.3) is 0 Å². The fourth-order valence-corrected chi connectivity index (χ4v) is 3.25. The van der Waals surface area contributed by atoms with E-state index in [0.29, 0.717) is 5.41 Å². The Kier molecular flexibility index (Phi) is 3.16. The molecule has 1 nitrogen and oxygen atoms in total. The fourth-order valence-electron chi connectivity index (χ4n) is 3.25. The summed E-state index contributed by atoms with van der Waals surface area (Å²) in [4.78, 5) is 0. The van der Waals surface area contributed by atoms with E-state index >= 15 is 0 Å². The zero-order valence-corrected chi connectivity index (χ0v) is 9.81. The Morgan fingerprint density at radius 2 is 1.50 bits per heavy atom. The molecule has 0 aromatic heterocycles. The number of hydrogen-bond acceptors (Lipinski definition) is 1. The molecule has 1 heterocycles. The van der Waals surface area contributed by atoms with Crippen molar-refractivity contribution < 1.29 is 0 Å². The molecule has 0 amide bonds. The van der Waals surface area contributed by atoms with Crippen molar-refractivity contribution in [3.05, 3.63) is 0 Å². The van der Waals surface area contributed by atoms with Gasteiger partial charge in [-0.25, -0.2) is 0 Å². The Hall–Kier alpha value is -0.0400. The highest BCUT2D eigenvalue weighted by atomic mass is 15.0. The van der Waals surface area contributed by atoms with Crippen LogP contribution in [0.15, 0.2) is 0 Å². The van der Waals surface area contributed by atoms with Crippen LogP contribution < -0.4 is 5.32 Å². The summed E-state index contributed by atoms with van der Waals surface area (Å²) in [7, 11) is 0. The normalized spacial score (nSPS) is 34.3. The van der Waals surface area contributed by atoms with Gasteiger partial charge in [-0.05, 0) is 24.2 Å². The maximum Gasteiger partial charge on any atom is 0.0159 e. The largest absolute Gasteiger partial charge is 0.313 e. The van der Waals surface area contributed by atoms with Gasteiger partial charge in [-0.3, -0.25) is 0 Å². The van der Waals surface area contributed by atoms with E-state index in [-0.39, 0.29) is 0 Å². The summed E-state index contributed by atoms with van der Waals surface area (Å²) >= 11 is 0. The van der Waals surface area contributed by atoms with Crippen molar-refractivity contribution in [3.63, 3.8) is 0 Å². The van der Waals surface area contributed by atoms with Gasteiger partial charge < -0.3 is 5.32 Å². The topological polar surface area (TPSA) is 12.0 Å². The highest BCUT2D eigenvalue weighted by Crippen LogP contribution is 2.38. The van der Waals surface area contributed by atoms with Crippen LogP contribution in [-0.2, 0) is 0 Å². The third kappa shape index (κ3) is 2.13. The van der Waals surface area contributed by atoms with Gasteiger partial charge in [0.05, 0.1) is 0 Å². The maximum atomic E-state index is 3.65. The van der Waals surface area contributed by atoms with Gasteiger partial charge >= 0.3 is 0 Å². The standard InChI is InChI=1S/C13H25N/c1-13(2)10-14-12(13)11-8-6-4-3-5-7-9-11/h11-12,14H,3-10H2,1-2H3. The molecule has 1 aliphatic heterocycles. The second-order valence-corrected chi connectivity index (χ2v) is 5.95. The molecule has 14 heavy (non-hydrogen) atoms. The van der Waals surface area contributed by atoms with Gasteiger partial charge in [-0.1, -0.05) is 46.0 Å². The molecule has 1 saturated carbocycles. The molecule has 1 aliphatic carbocycles. The predicted molar refractivity (Wildman–Crippen MR) is 61.4 cm³/mol. The molecule has 2 aliphatic rings. The first-order valence-corrected chi connectivity index (χ1v) is 6.43. The minimum absolute atomic E-state index is 0.573. The lowest BCUT2D eigenvalue weighted by Gasteiger charge is -2.50. The summed E-state index contributed by atoms with van der Waals surface area (Å²) in [6.07, 6.45) is 10.3. The lowest BCUT2D eigenvalue weighted by atomic mass is 9.68. The average molecular weight is 195 g/mol. The van der Waals surface area contributed by atoms with Gasteiger partial charge in [0.15, 0.2) is 0 Å². The van der Waals surface area contributed by atoms with Crippen molar-refractivity contribution in [1.29, 1.82) is 0 Å². The summed E-state index contributed by atoms with van der Waals surface area (Å²) in [5.74, 6) is 0.971. The molecule has 82 valence electrons. The van der Waals surface area contributed by atoms with E-state index in [0.717, 1.165) is 12.0 Å². The van der Waals surface area contributed by atoms with Crippen LogP contribution in [0.2, 0.25) is 0 Å². The summed E-state index contributed by atoms with van der Waals surface area (Å²) in [6.45, 7) is 6.08. The third-order valence-corrected chi connectivity index (χ3v) is 4.24. The van der Waals surface area contributed by atoms with Gasteiger partial charge in [0.1, 0.15) is 0 Å². The van der Waals surface area contributed by atoms with Gasteiger partial charge in [-0.15, -0.1) is 0 Å². The minimum Gasteiger partial charge on any atom is -0.313 e. The van der Waals surface area contributed by atoms with Crippen LogP contribution in [0, 0.1) is 11.3 Å². The van der Waals surface area contributed by atoms with E-state index in [1.54, 1.807) is 0 Å². The highest BCUT2D eigenvalue weighted by molar-refractivity contribution is 4.99. The minimum atomic E-state index is 0.573. The Morgan fingerprint density at radius 3 is 1.93 bits per heavy atom. The van der Waals surface area contributed by atoms with E-state index in [1.807, 2.05) is 0 Å². The van der Waals surface area contributed by atoms with E-state index in [2.05, 4.69) is 19.2 Å². The van der Waals surface area contributed by atoms with Crippen molar-refractivity contribution in [2.75, 3.05) is 6.54 Å². The van der Waals surface area contributed by atoms with Crippen LogP contribution in [-0.4, -0.2) is 12.6 Å². The summed E-state index contributed by atoms with van der Waals surface area (Å²) in [5, 5.41) is 3.65. The molecule has 0 bridgehead atoms.